The molecule has 1 aliphatic heterocycles. The van der Waals surface area contributed by atoms with E-state index in [-0.39, 0.29) is 17.7 Å². The van der Waals surface area contributed by atoms with E-state index in [2.05, 4.69) is 10.6 Å². The number of benzene rings is 1. The topological polar surface area (TPSA) is 59.6 Å². The Hall–Kier alpha value is -1.60. The largest absolute Gasteiger partial charge is 0.494 e. The molecule has 1 aliphatic rings. The van der Waals surface area contributed by atoms with Crippen LogP contribution in [0, 0.1) is 0 Å². The molecule has 0 saturated carbocycles. The normalized spacial score (nSPS) is 19.0. The zero-order valence-electron chi connectivity index (χ0n) is 13.4. The van der Waals surface area contributed by atoms with E-state index in [1.54, 1.807) is 12.1 Å². The van der Waals surface area contributed by atoms with Gasteiger partial charge < -0.3 is 19.9 Å². The van der Waals surface area contributed by atoms with Crippen LogP contribution in [-0.4, -0.2) is 37.6 Å². The van der Waals surface area contributed by atoms with Gasteiger partial charge in [-0.15, -0.1) is 0 Å². The summed E-state index contributed by atoms with van der Waals surface area (Å²) in [5, 5.41) is 5.03. The van der Waals surface area contributed by atoms with E-state index in [1.165, 1.54) is 0 Å². The van der Waals surface area contributed by atoms with Crippen LogP contribution >= 0.6 is 0 Å². The second kappa shape index (κ2) is 6.26. The molecule has 2 amide bonds. The molecule has 0 aromatic heterocycles. The monoisotopic (exact) mass is 308 g/mol. The zero-order valence-corrected chi connectivity index (χ0v) is 13.4. The van der Waals surface area contributed by atoms with E-state index in [0.29, 0.717) is 5.69 Å². The van der Waals surface area contributed by atoms with Crippen molar-refractivity contribution >= 4 is 24.3 Å². The van der Waals surface area contributed by atoms with Crippen LogP contribution in [0.3, 0.4) is 0 Å². The molecule has 0 bridgehead atoms. The van der Waals surface area contributed by atoms with Gasteiger partial charge in [0.1, 0.15) is 6.67 Å². The number of anilines is 1. The molecular formula is C15H22BFN2O3. The number of hydrogen-bond acceptors (Lipinski definition) is 3. The lowest BCUT2D eigenvalue weighted by atomic mass is 9.79. The third-order valence-electron chi connectivity index (χ3n) is 4.07. The van der Waals surface area contributed by atoms with Gasteiger partial charge in [0.25, 0.3) is 0 Å². The van der Waals surface area contributed by atoms with Crippen LogP contribution in [0.2, 0.25) is 0 Å². The number of urea groups is 1. The quantitative estimate of drug-likeness (QED) is 0.837. The molecule has 1 aromatic rings. The van der Waals surface area contributed by atoms with Gasteiger partial charge in [-0.3, -0.25) is 0 Å². The Morgan fingerprint density at radius 3 is 2.18 bits per heavy atom. The molecule has 2 N–H and O–H groups in total. The van der Waals surface area contributed by atoms with Gasteiger partial charge in [-0.2, -0.15) is 0 Å². The highest BCUT2D eigenvalue weighted by molar-refractivity contribution is 6.62. The van der Waals surface area contributed by atoms with Gasteiger partial charge in [-0.05, 0) is 45.3 Å². The summed E-state index contributed by atoms with van der Waals surface area (Å²) in [4.78, 5) is 11.4. The molecule has 120 valence electrons. The van der Waals surface area contributed by atoms with Crippen LogP contribution in [-0.2, 0) is 9.31 Å². The highest BCUT2D eigenvalue weighted by Crippen LogP contribution is 2.36. The Balaban J connectivity index is 2.00. The molecule has 0 aliphatic carbocycles. The molecule has 0 radical (unpaired) electrons. The van der Waals surface area contributed by atoms with Gasteiger partial charge in [-0.25, -0.2) is 9.18 Å². The Kier molecular flexibility index (Phi) is 4.77. The molecule has 0 spiro atoms. The van der Waals surface area contributed by atoms with Gasteiger partial charge in [-0.1, -0.05) is 12.1 Å². The predicted octanol–water partition coefficient (Wildman–Crippen LogP) is 2.08. The van der Waals surface area contributed by atoms with Crippen LogP contribution in [0.15, 0.2) is 24.3 Å². The second-order valence-electron chi connectivity index (χ2n) is 6.28. The SMILES string of the molecule is CC1(C)OB(c2ccc(NC(=O)NCCF)cc2)OC1(C)C. The average molecular weight is 308 g/mol. The van der Waals surface area contributed by atoms with Crippen LogP contribution in [0.1, 0.15) is 27.7 Å². The minimum atomic E-state index is -0.589. The highest BCUT2D eigenvalue weighted by Gasteiger charge is 2.51. The van der Waals surface area contributed by atoms with E-state index in [1.807, 2.05) is 39.8 Å². The van der Waals surface area contributed by atoms with E-state index >= 15 is 0 Å². The van der Waals surface area contributed by atoms with Crippen molar-refractivity contribution in [1.82, 2.24) is 5.32 Å². The van der Waals surface area contributed by atoms with E-state index < -0.39 is 19.8 Å². The smallest absolute Gasteiger partial charge is 0.399 e. The number of alkyl halides is 1. The van der Waals surface area contributed by atoms with Crippen molar-refractivity contribution in [2.75, 3.05) is 18.5 Å². The summed E-state index contributed by atoms with van der Waals surface area (Å²) in [5.41, 5.74) is 0.729. The number of rotatable bonds is 4. The average Bonchev–Trinajstić information content (AvgIpc) is 2.66. The van der Waals surface area contributed by atoms with Crippen LogP contribution in [0.4, 0.5) is 14.9 Å². The first-order valence-electron chi connectivity index (χ1n) is 7.31. The molecule has 0 atom stereocenters. The van der Waals surface area contributed by atoms with Crippen LogP contribution < -0.4 is 16.1 Å². The summed E-state index contributed by atoms with van der Waals surface area (Å²) in [6.07, 6.45) is 0. The summed E-state index contributed by atoms with van der Waals surface area (Å²) in [5.74, 6) is 0. The van der Waals surface area contributed by atoms with Gasteiger partial charge >= 0.3 is 13.1 Å². The van der Waals surface area contributed by atoms with Crippen LogP contribution in [0.5, 0.6) is 0 Å². The maximum Gasteiger partial charge on any atom is 0.494 e. The van der Waals surface area contributed by atoms with E-state index in [0.717, 1.165) is 5.46 Å². The highest BCUT2D eigenvalue weighted by atomic mass is 19.1. The third kappa shape index (κ3) is 3.59. The van der Waals surface area contributed by atoms with Gasteiger partial charge in [0.2, 0.25) is 0 Å². The number of nitrogens with one attached hydrogen (secondary N) is 2. The first kappa shape index (κ1) is 16.8. The van der Waals surface area contributed by atoms with E-state index in [4.69, 9.17) is 9.31 Å². The van der Waals surface area contributed by atoms with Crippen molar-refractivity contribution in [2.45, 2.75) is 38.9 Å². The summed E-state index contributed by atoms with van der Waals surface area (Å²) in [6.45, 7) is 7.40. The molecule has 2 rings (SSSR count). The fourth-order valence-electron chi connectivity index (χ4n) is 2.04. The fraction of sp³-hybridized carbons (Fsp3) is 0.533. The number of amides is 2. The van der Waals surface area contributed by atoms with Gasteiger partial charge in [0.15, 0.2) is 0 Å². The lowest BCUT2D eigenvalue weighted by molar-refractivity contribution is 0.00578. The predicted molar refractivity (Wildman–Crippen MR) is 85.2 cm³/mol. The summed E-state index contributed by atoms with van der Waals surface area (Å²) >= 11 is 0. The molecule has 1 fully saturated rings. The summed E-state index contributed by atoms with van der Waals surface area (Å²) < 4.78 is 23.9. The van der Waals surface area contributed by atoms with Crippen molar-refractivity contribution < 1.29 is 18.5 Å². The van der Waals surface area contributed by atoms with Crippen molar-refractivity contribution in [2.24, 2.45) is 0 Å². The molecule has 22 heavy (non-hydrogen) atoms. The van der Waals surface area contributed by atoms with Crippen molar-refractivity contribution in [3.8, 4) is 0 Å². The van der Waals surface area contributed by atoms with Crippen LogP contribution in [0.25, 0.3) is 0 Å². The van der Waals surface area contributed by atoms with Gasteiger partial charge in [0, 0.05) is 12.2 Å². The zero-order chi connectivity index (χ0) is 16.4. The standard InChI is InChI=1S/C15H22BFN2O3/c1-14(2)15(3,4)22-16(21-14)11-5-7-12(8-6-11)19-13(20)18-10-9-17/h5-8H,9-10H2,1-4H3,(H2,18,19,20). The summed E-state index contributed by atoms with van der Waals surface area (Å²) in [7, 11) is -0.431. The Morgan fingerprint density at radius 1 is 1.14 bits per heavy atom. The Morgan fingerprint density at radius 2 is 1.68 bits per heavy atom. The molecule has 1 saturated heterocycles. The minimum absolute atomic E-state index is 0.00215. The first-order valence-corrected chi connectivity index (χ1v) is 7.31. The lowest BCUT2D eigenvalue weighted by Gasteiger charge is -2.32. The number of carbonyl (C=O) groups is 1. The molecule has 1 heterocycles. The fourth-order valence-corrected chi connectivity index (χ4v) is 2.04. The summed E-state index contributed by atoms with van der Waals surface area (Å²) in [6, 6.07) is 6.77. The maximum absolute atomic E-state index is 12.0. The third-order valence-corrected chi connectivity index (χ3v) is 4.07. The Labute approximate surface area is 130 Å². The molecular weight excluding hydrogens is 286 g/mol. The van der Waals surface area contributed by atoms with Gasteiger partial charge in [0.05, 0.1) is 11.2 Å². The van der Waals surface area contributed by atoms with E-state index in [9.17, 15) is 9.18 Å². The number of carbonyl (C=O) groups excluding carboxylic acids is 1. The molecule has 7 heteroatoms. The maximum atomic E-state index is 12.0. The Bertz CT molecular complexity index is 518. The lowest BCUT2D eigenvalue weighted by Crippen LogP contribution is -2.41. The second-order valence-corrected chi connectivity index (χ2v) is 6.28. The number of halogens is 1. The number of hydrogen-bond donors (Lipinski definition) is 2. The molecule has 0 unspecified atom stereocenters. The molecule has 1 aromatic carbocycles. The van der Waals surface area contributed by atoms with Crippen molar-refractivity contribution in [1.29, 1.82) is 0 Å². The minimum Gasteiger partial charge on any atom is -0.399 e. The first-order chi connectivity index (χ1) is 10.2. The van der Waals surface area contributed by atoms with Crippen molar-refractivity contribution in [3.63, 3.8) is 0 Å². The van der Waals surface area contributed by atoms with Crippen molar-refractivity contribution in [3.05, 3.63) is 24.3 Å². The molecule has 5 nitrogen and oxygen atoms in total.